The van der Waals surface area contributed by atoms with Gasteiger partial charge in [0.2, 0.25) is 5.91 Å². The lowest BCUT2D eigenvalue weighted by Gasteiger charge is -2.30. The minimum absolute atomic E-state index is 0.0801. The Balaban J connectivity index is 1.57. The number of amides is 1. The average molecular weight is 435 g/mol. The van der Waals surface area contributed by atoms with Gasteiger partial charge in [-0.1, -0.05) is 84.9 Å². The maximum absolute atomic E-state index is 13.9. The molecule has 1 aromatic heterocycles. The topological polar surface area (TPSA) is 42.0 Å². The molecule has 0 aliphatic carbocycles. The van der Waals surface area contributed by atoms with Crippen LogP contribution in [0.1, 0.15) is 18.1 Å². The molecule has 32 heavy (non-hydrogen) atoms. The van der Waals surface area contributed by atoms with Gasteiger partial charge in [0.05, 0.1) is 21.3 Å². The molecule has 0 aliphatic heterocycles. The Kier molecular flexibility index (Phi) is 5.29. The summed E-state index contributed by atoms with van der Waals surface area (Å²) >= 11 is 1.63. The molecule has 3 nitrogen and oxygen atoms in total. The summed E-state index contributed by atoms with van der Waals surface area (Å²) in [7, 11) is 0. The number of nitrogens with zero attached hydrogens (tertiary/aromatic N) is 1. The number of rotatable bonds is 5. The van der Waals surface area contributed by atoms with E-state index in [0.29, 0.717) is 0 Å². The maximum atomic E-state index is 13.9. The van der Waals surface area contributed by atoms with Crippen LogP contribution in [0.25, 0.3) is 20.8 Å². The first-order valence-electron chi connectivity index (χ1n) is 10.5. The van der Waals surface area contributed by atoms with Crippen molar-refractivity contribution < 1.29 is 4.79 Å². The molecule has 0 saturated carbocycles. The van der Waals surface area contributed by atoms with Crippen LogP contribution in [0.2, 0.25) is 0 Å². The number of para-hydroxylation sites is 2. The summed E-state index contributed by atoms with van der Waals surface area (Å²) in [6.07, 6.45) is 0. The second-order valence-electron chi connectivity index (χ2n) is 7.84. The van der Waals surface area contributed by atoms with E-state index >= 15 is 0 Å². The van der Waals surface area contributed by atoms with E-state index < -0.39 is 5.41 Å². The highest BCUT2D eigenvalue weighted by Crippen LogP contribution is 2.37. The van der Waals surface area contributed by atoms with Crippen molar-refractivity contribution in [2.24, 2.45) is 0 Å². The first-order valence-corrected chi connectivity index (χ1v) is 11.4. The minimum Gasteiger partial charge on any atom is -0.324 e. The number of benzene rings is 4. The minimum atomic E-state index is -0.844. The first kappa shape index (κ1) is 20.2. The van der Waals surface area contributed by atoms with Crippen LogP contribution in [0.3, 0.4) is 0 Å². The Hall–Kier alpha value is -3.76. The molecule has 0 atom stereocenters. The molecule has 0 radical (unpaired) electrons. The highest BCUT2D eigenvalue weighted by atomic mass is 32.1. The van der Waals surface area contributed by atoms with Crippen molar-refractivity contribution in [1.82, 2.24) is 4.98 Å². The average Bonchev–Trinajstić information content (AvgIpc) is 3.29. The Bertz CT molecular complexity index is 1300. The van der Waals surface area contributed by atoms with Gasteiger partial charge in [-0.25, -0.2) is 4.98 Å². The van der Waals surface area contributed by atoms with E-state index in [1.165, 1.54) is 0 Å². The molecule has 0 saturated heterocycles. The molecule has 0 spiro atoms. The SMILES string of the molecule is CC(C(=O)Nc1ccccc1-c1nc2ccccc2s1)(c1ccccc1)c1ccccc1. The second-order valence-corrected chi connectivity index (χ2v) is 8.87. The zero-order valence-electron chi connectivity index (χ0n) is 17.7. The van der Waals surface area contributed by atoms with E-state index in [1.807, 2.05) is 110 Å². The summed E-state index contributed by atoms with van der Waals surface area (Å²) in [6, 6.07) is 35.8. The lowest BCUT2D eigenvalue weighted by Crippen LogP contribution is -2.38. The summed E-state index contributed by atoms with van der Waals surface area (Å²) in [5, 5.41) is 4.11. The summed E-state index contributed by atoms with van der Waals surface area (Å²) < 4.78 is 1.13. The monoisotopic (exact) mass is 434 g/mol. The van der Waals surface area contributed by atoms with Gasteiger partial charge < -0.3 is 5.32 Å². The van der Waals surface area contributed by atoms with E-state index in [2.05, 4.69) is 11.4 Å². The van der Waals surface area contributed by atoms with Gasteiger partial charge in [-0.2, -0.15) is 0 Å². The lowest BCUT2D eigenvalue weighted by molar-refractivity contribution is -0.119. The molecular weight excluding hydrogens is 412 g/mol. The van der Waals surface area contributed by atoms with Gasteiger partial charge in [-0.15, -0.1) is 11.3 Å². The Morgan fingerprint density at radius 2 is 1.31 bits per heavy atom. The van der Waals surface area contributed by atoms with Crippen LogP contribution in [-0.2, 0) is 10.2 Å². The van der Waals surface area contributed by atoms with Crippen molar-refractivity contribution >= 4 is 33.1 Å². The predicted octanol–water partition coefficient (Wildman–Crippen LogP) is 6.91. The van der Waals surface area contributed by atoms with Crippen LogP contribution >= 0.6 is 11.3 Å². The molecule has 4 aromatic carbocycles. The third-order valence-electron chi connectivity index (χ3n) is 5.86. The van der Waals surface area contributed by atoms with E-state index in [4.69, 9.17) is 4.98 Å². The van der Waals surface area contributed by atoms with Crippen molar-refractivity contribution in [1.29, 1.82) is 0 Å². The molecule has 5 rings (SSSR count). The normalized spacial score (nSPS) is 11.4. The highest BCUT2D eigenvalue weighted by Gasteiger charge is 2.37. The standard InChI is InChI=1S/C28H22N2OS/c1-28(20-12-4-2-5-13-20,21-14-6-3-7-15-21)27(31)30-23-17-9-8-16-22(23)26-29-24-18-10-11-19-25(24)32-26/h2-19H,1H3,(H,30,31). The molecule has 0 bridgehead atoms. The van der Waals surface area contributed by atoms with E-state index in [1.54, 1.807) is 11.3 Å². The van der Waals surface area contributed by atoms with E-state index in [-0.39, 0.29) is 5.91 Å². The van der Waals surface area contributed by atoms with Crippen LogP contribution in [-0.4, -0.2) is 10.9 Å². The smallest absolute Gasteiger partial charge is 0.239 e. The fourth-order valence-electron chi connectivity index (χ4n) is 3.99. The number of carbonyl (C=O) groups excluding carboxylic acids is 1. The van der Waals surface area contributed by atoms with Gasteiger partial charge in [-0.05, 0) is 42.3 Å². The molecule has 156 valence electrons. The molecule has 0 aliphatic rings. The third kappa shape index (κ3) is 3.59. The zero-order valence-corrected chi connectivity index (χ0v) is 18.5. The van der Waals surface area contributed by atoms with Crippen LogP contribution in [0.4, 0.5) is 5.69 Å². The second kappa shape index (κ2) is 8.40. The Morgan fingerprint density at radius 3 is 1.97 bits per heavy atom. The molecule has 1 N–H and O–H groups in total. The van der Waals surface area contributed by atoms with E-state index in [0.717, 1.165) is 37.6 Å². The van der Waals surface area contributed by atoms with Crippen molar-refractivity contribution in [3.63, 3.8) is 0 Å². The van der Waals surface area contributed by atoms with Gasteiger partial charge in [-0.3, -0.25) is 4.79 Å². The number of anilines is 1. The molecule has 1 heterocycles. The summed E-state index contributed by atoms with van der Waals surface area (Å²) in [6.45, 7) is 1.98. The van der Waals surface area contributed by atoms with Gasteiger partial charge in [0.15, 0.2) is 0 Å². The molecule has 4 heteroatoms. The maximum Gasteiger partial charge on any atom is 0.239 e. The summed E-state index contributed by atoms with van der Waals surface area (Å²) in [5.74, 6) is -0.0801. The summed E-state index contributed by atoms with van der Waals surface area (Å²) in [5.41, 5.74) is 3.69. The van der Waals surface area contributed by atoms with Crippen LogP contribution in [0.5, 0.6) is 0 Å². The van der Waals surface area contributed by atoms with Gasteiger partial charge in [0.25, 0.3) is 0 Å². The lowest BCUT2D eigenvalue weighted by atomic mass is 9.75. The molecule has 1 amide bonds. The Labute approximate surface area is 191 Å². The molecule has 5 aromatic rings. The number of carbonyl (C=O) groups is 1. The van der Waals surface area contributed by atoms with Crippen molar-refractivity contribution in [2.45, 2.75) is 12.3 Å². The van der Waals surface area contributed by atoms with Crippen LogP contribution < -0.4 is 5.32 Å². The fraction of sp³-hybridized carbons (Fsp3) is 0.0714. The van der Waals surface area contributed by atoms with Gasteiger partial charge in [0.1, 0.15) is 5.01 Å². The third-order valence-corrected chi connectivity index (χ3v) is 6.93. The molecule has 0 unspecified atom stereocenters. The number of fused-ring (bicyclic) bond motifs is 1. The van der Waals surface area contributed by atoms with Crippen molar-refractivity contribution in [3.05, 3.63) is 120 Å². The Morgan fingerprint density at radius 1 is 0.750 bits per heavy atom. The number of thiazole rings is 1. The highest BCUT2D eigenvalue weighted by molar-refractivity contribution is 7.21. The van der Waals surface area contributed by atoms with Crippen molar-refractivity contribution in [3.8, 4) is 10.6 Å². The predicted molar refractivity (Wildman–Crippen MR) is 133 cm³/mol. The van der Waals surface area contributed by atoms with Gasteiger partial charge in [0, 0.05) is 5.56 Å². The van der Waals surface area contributed by atoms with Crippen LogP contribution in [0.15, 0.2) is 109 Å². The summed E-state index contributed by atoms with van der Waals surface area (Å²) in [4.78, 5) is 18.7. The number of aromatic nitrogens is 1. The van der Waals surface area contributed by atoms with Crippen molar-refractivity contribution in [2.75, 3.05) is 5.32 Å². The number of hydrogen-bond donors (Lipinski definition) is 1. The van der Waals surface area contributed by atoms with Gasteiger partial charge >= 0.3 is 0 Å². The van der Waals surface area contributed by atoms with Crippen LogP contribution in [0, 0.1) is 0 Å². The number of hydrogen-bond acceptors (Lipinski definition) is 3. The fourth-order valence-corrected chi connectivity index (χ4v) is 4.99. The number of nitrogens with one attached hydrogen (secondary N) is 1. The molecular formula is C28H22N2OS. The zero-order chi connectivity index (χ0) is 22.0. The molecule has 0 fully saturated rings. The quantitative estimate of drug-likeness (QED) is 0.327. The largest absolute Gasteiger partial charge is 0.324 e. The first-order chi connectivity index (χ1) is 15.7. The van der Waals surface area contributed by atoms with E-state index in [9.17, 15) is 4.79 Å².